The zero-order chi connectivity index (χ0) is 20.0. The van der Waals surface area contributed by atoms with E-state index in [1.807, 2.05) is 4.90 Å². The second-order valence-electron chi connectivity index (χ2n) is 8.02. The van der Waals surface area contributed by atoms with Crippen LogP contribution >= 0.6 is 23.7 Å². The molecule has 3 aromatic heterocycles. The fraction of sp³-hybridized carbons (Fsp3) is 0.476. The number of carbonyl (C=O) groups is 1. The fourth-order valence-electron chi connectivity index (χ4n) is 4.07. The molecule has 1 amide bonds. The Labute approximate surface area is 186 Å². The predicted octanol–water partition coefficient (Wildman–Crippen LogP) is 4.06. The lowest BCUT2D eigenvalue weighted by Gasteiger charge is -2.32. The van der Waals surface area contributed by atoms with Crippen molar-refractivity contribution in [3.8, 4) is 0 Å². The molecule has 30 heavy (non-hydrogen) atoms. The van der Waals surface area contributed by atoms with Gasteiger partial charge in [0.05, 0.1) is 0 Å². The second-order valence-corrected chi connectivity index (χ2v) is 8.93. The fourth-order valence-corrected chi connectivity index (χ4v) is 5.08. The first-order chi connectivity index (χ1) is 14.1. The summed E-state index contributed by atoms with van der Waals surface area (Å²) >= 11 is 1.67. The van der Waals surface area contributed by atoms with Crippen molar-refractivity contribution in [2.24, 2.45) is 0 Å². The molecule has 1 atom stereocenters. The van der Waals surface area contributed by atoms with Crippen LogP contribution in [0.3, 0.4) is 0 Å². The van der Waals surface area contributed by atoms with Crippen LogP contribution in [0.15, 0.2) is 17.5 Å². The summed E-state index contributed by atoms with van der Waals surface area (Å²) in [6, 6.07) is 4.43. The molecular formula is C21H27ClN6OS. The first-order valence-corrected chi connectivity index (χ1v) is 11.3. The van der Waals surface area contributed by atoms with E-state index in [-0.39, 0.29) is 18.3 Å². The minimum atomic E-state index is 0. The van der Waals surface area contributed by atoms with Gasteiger partial charge < -0.3 is 15.5 Å². The van der Waals surface area contributed by atoms with Crippen molar-refractivity contribution in [3.05, 3.63) is 34.5 Å². The number of nitrogens with one attached hydrogen (secondary N) is 3. The number of fused-ring (bicyclic) bond motifs is 1. The smallest absolute Gasteiger partial charge is 0.272 e. The molecule has 0 unspecified atom stereocenters. The molecule has 1 saturated carbocycles. The Balaban J connectivity index is 0.00000218. The van der Waals surface area contributed by atoms with Crippen LogP contribution in [0, 0.1) is 0 Å². The first-order valence-electron chi connectivity index (χ1n) is 10.4. The number of H-pyrrole nitrogens is 1. The van der Waals surface area contributed by atoms with Crippen molar-refractivity contribution in [3.63, 3.8) is 0 Å². The Bertz CT molecular complexity index is 1060. The van der Waals surface area contributed by atoms with Crippen LogP contribution in [0.25, 0.3) is 10.1 Å². The maximum Gasteiger partial charge on any atom is 0.272 e. The zero-order valence-electron chi connectivity index (χ0n) is 17.2. The second kappa shape index (κ2) is 8.53. The molecule has 1 aliphatic heterocycles. The number of hydrogen-bond acceptors (Lipinski definition) is 6. The van der Waals surface area contributed by atoms with Gasteiger partial charge in [-0.25, -0.2) is 4.98 Å². The normalized spacial score (nSPS) is 19.0. The average molecular weight is 447 g/mol. The van der Waals surface area contributed by atoms with E-state index in [1.54, 1.807) is 11.3 Å². The Morgan fingerprint density at radius 2 is 2.23 bits per heavy atom. The van der Waals surface area contributed by atoms with Gasteiger partial charge >= 0.3 is 0 Å². The molecule has 5 rings (SSSR count). The van der Waals surface area contributed by atoms with Crippen LogP contribution in [0.5, 0.6) is 0 Å². The number of aromatic nitrogens is 3. The summed E-state index contributed by atoms with van der Waals surface area (Å²) in [5, 5.41) is 17.4. The van der Waals surface area contributed by atoms with E-state index in [2.05, 4.69) is 52.2 Å². The number of rotatable bonds is 5. The number of aryl methyl sites for hydroxylation is 1. The van der Waals surface area contributed by atoms with Gasteiger partial charge in [-0.2, -0.15) is 5.10 Å². The molecule has 160 valence electrons. The summed E-state index contributed by atoms with van der Waals surface area (Å²) in [7, 11) is 0. The third kappa shape index (κ3) is 3.91. The highest BCUT2D eigenvalue weighted by atomic mass is 35.5. The molecule has 0 radical (unpaired) electrons. The molecule has 0 spiro atoms. The zero-order valence-corrected chi connectivity index (χ0v) is 18.8. The van der Waals surface area contributed by atoms with Crippen LogP contribution in [-0.4, -0.2) is 51.7 Å². The third-order valence-corrected chi connectivity index (χ3v) is 6.75. The number of piperazine rings is 1. The van der Waals surface area contributed by atoms with Crippen LogP contribution in [-0.2, 0) is 6.42 Å². The molecule has 1 saturated heterocycles. The molecule has 0 aromatic carbocycles. The number of hydrogen-bond donors (Lipinski definition) is 3. The number of nitrogens with zero attached hydrogens (tertiary/aromatic N) is 3. The van der Waals surface area contributed by atoms with Gasteiger partial charge in [-0.05, 0) is 37.6 Å². The van der Waals surface area contributed by atoms with Gasteiger partial charge in [-0.15, -0.1) is 23.7 Å². The quantitative estimate of drug-likeness (QED) is 0.550. The monoisotopic (exact) mass is 446 g/mol. The van der Waals surface area contributed by atoms with Gasteiger partial charge in [0.15, 0.2) is 5.82 Å². The number of thiophene rings is 1. The van der Waals surface area contributed by atoms with Gasteiger partial charge in [0, 0.05) is 59.0 Å². The van der Waals surface area contributed by atoms with Crippen LogP contribution in [0.1, 0.15) is 54.4 Å². The van der Waals surface area contributed by atoms with E-state index in [4.69, 9.17) is 4.98 Å². The van der Waals surface area contributed by atoms with Crippen molar-refractivity contribution in [2.75, 3.05) is 25.0 Å². The minimum absolute atomic E-state index is 0. The largest absolute Gasteiger partial charge is 0.334 e. The van der Waals surface area contributed by atoms with E-state index in [9.17, 15) is 4.79 Å². The topological polar surface area (TPSA) is 85.9 Å². The van der Waals surface area contributed by atoms with E-state index in [1.165, 1.54) is 18.5 Å². The Morgan fingerprint density at radius 3 is 2.97 bits per heavy atom. The number of aromatic amines is 1. The first kappa shape index (κ1) is 21.1. The SMILES string of the molecule is CCc1c(C(=O)N2CCN[C@H](C)C2)nc(Nc2cc(C3CC3)[nH]n2)c2ccsc12.Cl. The highest BCUT2D eigenvalue weighted by Gasteiger charge is 2.28. The highest BCUT2D eigenvalue weighted by molar-refractivity contribution is 7.17. The van der Waals surface area contributed by atoms with Crippen LogP contribution in [0.4, 0.5) is 11.6 Å². The van der Waals surface area contributed by atoms with Gasteiger partial charge in [-0.3, -0.25) is 9.89 Å². The number of halogens is 1. The summed E-state index contributed by atoms with van der Waals surface area (Å²) in [6.45, 7) is 6.44. The number of amides is 1. The Hall–Kier alpha value is -2.16. The maximum absolute atomic E-state index is 13.4. The molecule has 1 aliphatic carbocycles. The number of carbonyl (C=O) groups excluding carboxylic acids is 1. The molecule has 9 heteroatoms. The van der Waals surface area contributed by atoms with E-state index in [0.717, 1.165) is 34.4 Å². The van der Waals surface area contributed by atoms with Gasteiger partial charge in [-0.1, -0.05) is 6.92 Å². The minimum Gasteiger partial charge on any atom is -0.334 e. The van der Waals surface area contributed by atoms with Crippen LogP contribution < -0.4 is 10.6 Å². The van der Waals surface area contributed by atoms with E-state index < -0.39 is 0 Å². The van der Waals surface area contributed by atoms with E-state index in [0.29, 0.717) is 36.6 Å². The van der Waals surface area contributed by atoms with Gasteiger partial charge in [0.2, 0.25) is 0 Å². The number of anilines is 2. The highest BCUT2D eigenvalue weighted by Crippen LogP contribution is 2.40. The van der Waals surface area contributed by atoms with E-state index >= 15 is 0 Å². The van der Waals surface area contributed by atoms with Gasteiger partial charge in [0.25, 0.3) is 5.91 Å². The maximum atomic E-state index is 13.4. The van der Waals surface area contributed by atoms with Gasteiger partial charge in [0.1, 0.15) is 11.5 Å². The summed E-state index contributed by atoms with van der Waals surface area (Å²) in [5.74, 6) is 2.10. The lowest BCUT2D eigenvalue weighted by Crippen LogP contribution is -2.51. The summed E-state index contributed by atoms with van der Waals surface area (Å²) in [4.78, 5) is 20.1. The standard InChI is InChI=1S/C21H26N6OS.ClH/c1-3-14-18(21(28)27-8-7-22-12(2)11-27)24-20(15-6-9-29-19(14)15)23-17-10-16(25-26-17)13-4-5-13;/h6,9-10,12-13,22H,3-5,7-8,11H2,1-2H3,(H2,23,24,25,26);1H/t12-;/m1./s1. The van der Waals surface area contributed by atoms with Crippen molar-refractivity contribution < 1.29 is 4.79 Å². The molecule has 3 aromatic rings. The summed E-state index contributed by atoms with van der Waals surface area (Å²) in [5.41, 5.74) is 2.78. The van der Waals surface area contributed by atoms with Crippen LogP contribution in [0.2, 0.25) is 0 Å². The molecule has 2 aliphatic rings. The van der Waals surface area contributed by atoms with Crippen molar-refractivity contribution >= 4 is 51.4 Å². The molecule has 2 fully saturated rings. The predicted molar refractivity (Wildman–Crippen MR) is 123 cm³/mol. The molecule has 0 bridgehead atoms. The summed E-state index contributed by atoms with van der Waals surface area (Å²) in [6.07, 6.45) is 3.23. The van der Waals surface area contributed by atoms with Crippen molar-refractivity contribution in [1.82, 2.24) is 25.4 Å². The summed E-state index contributed by atoms with van der Waals surface area (Å²) < 4.78 is 1.13. The molecule has 4 heterocycles. The molecule has 3 N–H and O–H groups in total. The molecular weight excluding hydrogens is 420 g/mol. The Morgan fingerprint density at radius 1 is 1.40 bits per heavy atom. The molecule has 7 nitrogen and oxygen atoms in total. The Kier molecular flexibility index (Phi) is 5.99. The van der Waals surface area contributed by atoms with Crippen molar-refractivity contribution in [2.45, 2.75) is 45.1 Å². The van der Waals surface area contributed by atoms with Crippen molar-refractivity contribution in [1.29, 1.82) is 0 Å². The third-order valence-electron chi connectivity index (χ3n) is 5.78. The lowest BCUT2D eigenvalue weighted by molar-refractivity contribution is 0.0702. The number of pyridine rings is 1. The average Bonchev–Trinajstić information content (AvgIpc) is 3.26. The lowest BCUT2D eigenvalue weighted by atomic mass is 10.1.